The summed E-state index contributed by atoms with van der Waals surface area (Å²) in [6, 6.07) is 8.50. The molecule has 15 heavy (non-hydrogen) atoms. The van der Waals surface area contributed by atoms with Gasteiger partial charge in [-0.05, 0) is 30.5 Å². The first kappa shape index (κ1) is 12.2. The second kappa shape index (κ2) is 7.43. The van der Waals surface area contributed by atoms with Crippen molar-refractivity contribution in [2.24, 2.45) is 5.73 Å². The van der Waals surface area contributed by atoms with Crippen LogP contribution in [-0.2, 0) is 17.8 Å². The van der Waals surface area contributed by atoms with E-state index in [-0.39, 0.29) is 0 Å². The first-order valence-corrected chi connectivity index (χ1v) is 5.72. The second-order valence-corrected chi connectivity index (χ2v) is 3.76. The third kappa shape index (κ3) is 4.96. The normalized spacial score (nSPS) is 10.5. The van der Waals surface area contributed by atoms with Gasteiger partial charge >= 0.3 is 0 Å². The zero-order valence-electron chi connectivity index (χ0n) is 9.54. The lowest BCUT2D eigenvalue weighted by Crippen LogP contribution is -2.02. The molecule has 2 N–H and O–H groups in total. The highest BCUT2D eigenvalue weighted by Gasteiger charge is 1.94. The molecule has 0 aliphatic carbocycles. The van der Waals surface area contributed by atoms with E-state index in [1.807, 2.05) is 0 Å². The van der Waals surface area contributed by atoms with E-state index >= 15 is 0 Å². The highest BCUT2D eigenvalue weighted by Crippen LogP contribution is 2.06. The lowest BCUT2D eigenvalue weighted by molar-refractivity contribution is 0.118. The summed E-state index contributed by atoms with van der Waals surface area (Å²) in [4.78, 5) is 0. The average molecular weight is 207 g/mol. The number of rotatable bonds is 7. The number of nitrogens with two attached hydrogens (primary N) is 1. The van der Waals surface area contributed by atoms with Gasteiger partial charge in [0.2, 0.25) is 0 Å². The Morgan fingerprint density at radius 2 is 1.80 bits per heavy atom. The molecule has 0 aliphatic heterocycles. The van der Waals surface area contributed by atoms with Gasteiger partial charge < -0.3 is 10.5 Å². The topological polar surface area (TPSA) is 35.2 Å². The van der Waals surface area contributed by atoms with Crippen LogP contribution in [0.25, 0.3) is 0 Å². The summed E-state index contributed by atoms with van der Waals surface area (Å²) >= 11 is 0. The van der Waals surface area contributed by atoms with Crippen molar-refractivity contribution in [1.29, 1.82) is 0 Å². The summed E-state index contributed by atoms with van der Waals surface area (Å²) in [5.41, 5.74) is 8.03. The molecule has 1 aromatic carbocycles. The molecule has 0 amide bonds. The van der Waals surface area contributed by atoms with Crippen molar-refractivity contribution < 1.29 is 4.74 Å². The van der Waals surface area contributed by atoms with E-state index in [4.69, 9.17) is 10.5 Å². The molecule has 0 bridgehead atoms. The maximum Gasteiger partial charge on any atom is 0.0716 e. The van der Waals surface area contributed by atoms with Crippen molar-refractivity contribution in [2.45, 2.75) is 32.8 Å². The molecule has 0 fully saturated rings. The van der Waals surface area contributed by atoms with Crippen LogP contribution in [0.3, 0.4) is 0 Å². The molecule has 84 valence electrons. The Morgan fingerprint density at radius 3 is 2.40 bits per heavy atom. The van der Waals surface area contributed by atoms with Crippen molar-refractivity contribution in [3.63, 3.8) is 0 Å². The minimum absolute atomic E-state index is 0.715. The van der Waals surface area contributed by atoms with E-state index in [0.717, 1.165) is 26.1 Å². The summed E-state index contributed by atoms with van der Waals surface area (Å²) in [6.45, 7) is 4.47. The van der Waals surface area contributed by atoms with Crippen LogP contribution in [0.15, 0.2) is 24.3 Å². The Labute approximate surface area is 92.4 Å². The molecule has 0 saturated carbocycles. The zero-order valence-corrected chi connectivity index (χ0v) is 9.54. The smallest absolute Gasteiger partial charge is 0.0716 e. The summed E-state index contributed by atoms with van der Waals surface area (Å²) in [5.74, 6) is 0. The second-order valence-electron chi connectivity index (χ2n) is 3.76. The number of hydrogen-bond acceptors (Lipinski definition) is 2. The van der Waals surface area contributed by atoms with Crippen LogP contribution in [0.1, 0.15) is 30.9 Å². The predicted octanol–water partition coefficient (Wildman–Crippen LogP) is 2.50. The van der Waals surface area contributed by atoms with E-state index in [9.17, 15) is 0 Å². The Bertz CT molecular complexity index is 256. The summed E-state index contributed by atoms with van der Waals surface area (Å²) in [7, 11) is 0. The molecular formula is C13H21NO. The summed E-state index contributed by atoms with van der Waals surface area (Å²) < 4.78 is 5.54. The fourth-order valence-corrected chi connectivity index (χ4v) is 1.41. The average Bonchev–Trinajstić information content (AvgIpc) is 2.27. The van der Waals surface area contributed by atoms with Crippen LogP contribution >= 0.6 is 0 Å². The van der Waals surface area contributed by atoms with Gasteiger partial charge in [-0.3, -0.25) is 0 Å². The SMILES string of the molecule is CCCCOCc1ccc(CCN)cc1. The monoisotopic (exact) mass is 207 g/mol. The van der Waals surface area contributed by atoms with Gasteiger partial charge in [-0.1, -0.05) is 37.6 Å². The van der Waals surface area contributed by atoms with E-state index < -0.39 is 0 Å². The van der Waals surface area contributed by atoms with E-state index in [1.165, 1.54) is 17.5 Å². The quantitative estimate of drug-likeness (QED) is 0.697. The van der Waals surface area contributed by atoms with Crippen LogP contribution in [0.5, 0.6) is 0 Å². The Balaban J connectivity index is 2.29. The minimum atomic E-state index is 0.715. The lowest BCUT2D eigenvalue weighted by atomic mass is 10.1. The minimum Gasteiger partial charge on any atom is -0.377 e. The van der Waals surface area contributed by atoms with Crippen molar-refractivity contribution in [3.8, 4) is 0 Å². The van der Waals surface area contributed by atoms with Gasteiger partial charge in [-0.15, -0.1) is 0 Å². The number of unbranched alkanes of at least 4 members (excludes halogenated alkanes) is 1. The fraction of sp³-hybridized carbons (Fsp3) is 0.538. The summed E-state index contributed by atoms with van der Waals surface area (Å²) in [5, 5.41) is 0. The fourth-order valence-electron chi connectivity index (χ4n) is 1.41. The first-order chi connectivity index (χ1) is 7.36. The van der Waals surface area contributed by atoms with Crippen molar-refractivity contribution >= 4 is 0 Å². The van der Waals surface area contributed by atoms with Gasteiger partial charge in [0.1, 0.15) is 0 Å². The summed E-state index contributed by atoms with van der Waals surface area (Å²) in [6.07, 6.45) is 3.29. The largest absolute Gasteiger partial charge is 0.377 e. The molecule has 1 rings (SSSR count). The van der Waals surface area contributed by atoms with Crippen molar-refractivity contribution in [3.05, 3.63) is 35.4 Å². The highest BCUT2D eigenvalue weighted by atomic mass is 16.5. The molecule has 2 nitrogen and oxygen atoms in total. The lowest BCUT2D eigenvalue weighted by Gasteiger charge is -2.04. The highest BCUT2D eigenvalue weighted by molar-refractivity contribution is 5.22. The van der Waals surface area contributed by atoms with E-state index in [0.29, 0.717) is 6.54 Å². The molecule has 0 aliphatic rings. The third-order valence-electron chi connectivity index (χ3n) is 2.37. The van der Waals surface area contributed by atoms with Crippen LogP contribution in [0.2, 0.25) is 0 Å². The maximum absolute atomic E-state index is 5.54. The molecule has 2 heteroatoms. The van der Waals surface area contributed by atoms with Gasteiger partial charge in [-0.25, -0.2) is 0 Å². The van der Waals surface area contributed by atoms with Gasteiger partial charge in [-0.2, -0.15) is 0 Å². The molecule has 0 spiro atoms. The van der Waals surface area contributed by atoms with Crippen LogP contribution in [0.4, 0.5) is 0 Å². The van der Waals surface area contributed by atoms with Crippen LogP contribution < -0.4 is 5.73 Å². The Hall–Kier alpha value is -0.860. The number of hydrogen-bond donors (Lipinski definition) is 1. The molecular weight excluding hydrogens is 186 g/mol. The Morgan fingerprint density at radius 1 is 1.13 bits per heavy atom. The standard InChI is InChI=1S/C13H21NO/c1-2-3-10-15-11-13-6-4-12(5-7-13)8-9-14/h4-7H,2-3,8-11,14H2,1H3. The van der Waals surface area contributed by atoms with Gasteiger partial charge in [0.25, 0.3) is 0 Å². The molecule has 0 unspecified atom stereocenters. The molecule has 0 radical (unpaired) electrons. The van der Waals surface area contributed by atoms with Crippen LogP contribution in [-0.4, -0.2) is 13.2 Å². The molecule has 0 heterocycles. The van der Waals surface area contributed by atoms with E-state index in [1.54, 1.807) is 0 Å². The molecule has 0 aromatic heterocycles. The van der Waals surface area contributed by atoms with Gasteiger partial charge in [0, 0.05) is 6.61 Å². The number of benzene rings is 1. The first-order valence-electron chi connectivity index (χ1n) is 5.72. The molecule has 0 atom stereocenters. The van der Waals surface area contributed by atoms with Crippen molar-refractivity contribution in [1.82, 2.24) is 0 Å². The Kier molecular flexibility index (Phi) is 6.05. The molecule has 1 aromatic rings. The van der Waals surface area contributed by atoms with Gasteiger partial charge in [0.05, 0.1) is 6.61 Å². The van der Waals surface area contributed by atoms with E-state index in [2.05, 4.69) is 31.2 Å². The third-order valence-corrected chi connectivity index (χ3v) is 2.37. The van der Waals surface area contributed by atoms with Crippen molar-refractivity contribution in [2.75, 3.05) is 13.2 Å². The zero-order chi connectivity index (χ0) is 10.9. The number of ether oxygens (including phenoxy) is 1. The van der Waals surface area contributed by atoms with Gasteiger partial charge in [0.15, 0.2) is 0 Å². The molecule has 0 saturated heterocycles. The maximum atomic E-state index is 5.54. The van der Waals surface area contributed by atoms with Crippen LogP contribution in [0, 0.1) is 0 Å². The predicted molar refractivity (Wildman–Crippen MR) is 63.8 cm³/mol.